The lowest BCUT2D eigenvalue weighted by Gasteiger charge is -2.60. The van der Waals surface area contributed by atoms with E-state index in [-0.39, 0.29) is 17.6 Å². The monoisotopic (exact) mass is 396 g/mol. The van der Waals surface area contributed by atoms with E-state index in [1.165, 1.54) is 12.0 Å². The van der Waals surface area contributed by atoms with Gasteiger partial charge in [0.2, 0.25) is 0 Å². The standard InChI is InChI=1S/C23H28N2O4/c1-27-16-8-14-15(9-17(16)28-2)25-20(26)10-18-21-13-7-19-23(14,22(21)25)4-5-24(19)11-12(13)3-6-29-18/h3,8-9,13,18-22,26H,4-7,10-11H2,1-2H3. The van der Waals surface area contributed by atoms with Gasteiger partial charge in [0.1, 0.15) is 6.23 Å². The number of rotatable bonds is 2. The van der Waals surface area contributed by atoms with Gasteiger partial charge in [0.15, 0.2) is 11.5 Å². The Morgan fingerprint density at radius 3 is 2.83 bits per heavy atom. The zero-order chi connectivity index (χ0) is 19.5. The van der Waals surface area contributed by atoms with Gasteiger partial charge in [-0.1, -0.05) is 11.6 Å². The molecular weight excluding hydrogens is 368 g/mol. The number of aliphatic hydroxyl groups excluding tert-OH is 1. The Kier molecular flexibility index (Phi) is 3.21. The van der Waals surface area contributed by atoms with Crippen molar-refractivity contribution in [3.05, 3.63) is 29.3 Å². The van der Waals surface area contributed by atoms with Crippen LogP contribution in [0.1, 0.15) is 24.8 Å². The molecule has 1 N–H and O–H groups in total. The Morgan fingerprint density at radius 1 is 1.17 bits per heavy atom. The third-order valence-corrected chi connectivity index (χ3v) is 8.97. The van der Waals surface area contributed by atoms with Gasteiger partial charge in [-0.25, -0.2) is 0 Å². The van der Waals surface area contributed by atoms with Crippen LogP contribution in [-0.4, -0.2) is 68.3 Å². The van der Waals surface area contributed by atoms with Crippen molar-refractivity contribution in [2.75, 3.05) is 38.8 Å². The summed E-state index contributed by atoms with van der Waals surface area (Å²) in [5, 5.41) is 11.3. The summed E-state index contributed by atoms with van der Waals surface area (Å²) in [4.78, 5) is 5.03. The average Bonchev–Trinajstić information content (AvgIpc) is 3.20. The van der Waals surface area contributed by atoms with Crippen molar-refractivity contribution in [1.82, 2.24) is 4.90 Å². The van der Waals surface area contributed by atoms with Gasteiger partial charge in [-0.15, -0.1) is 0 Å². The molecule has 0 radical (unpaired) electrons. The van der Waals surface area contributed by atoms with Crippen molar-refractivity contribution in [2.24, 2.45) is 11.8 Å². The number of benzene rings is 1. The lowest BCUT2D eigenvalue weighted by Crippen LogP contribution is -2.70. The fourth-order valence-electron chi connectivity index (χ4n) is 8.05. The van der Waals surface area contributed by atoms with E-state index in [9.17, 15) is 5.11 Å². The molecule has 1 spiro atoms. The van der Waals surface area contributed by atoms with Gasteiger partial charge in [0, 0.05) is 48.1 Å². The van der Waals surface area contributed by atoms with Crippen LogP contribution in [0.3, 0.4) is 0 Å². The van der Waals surface area contributed by atoms with E-state index in [0.717, 1.165) is 36.7 Å². The number of nitrogens with zero attached hydrogens (tertiary/aromatic N) is 2. The molecule has 1 aliphatic carbocycles. The highest BCUT2D eigenvalue weighted by atomic mass is 16.5. The third kappa shape index (κ3) is 1.81. The second kappa shape index (κ2) is 5.48. The van der Waals surface area contributed by atoms with E-state index < -0.39 is 6.23 Å². The first-order valence-corrected chi connectivity index (χ1v) is 10.9. The largest absolute Gasteiger partial charge is 0.493 e. The molecule has 2 bridgehead atoms. The van der Waals surface area contributed by atoms with Crippen LogP contribution in [0.15, 0.2) is 23.8 Å². The molecule has 4 fully saturated rings. The average molecular weight is 396 g/mol. The summed E-state index contributed by atoms with van der Waals surface area (Å²) in [5.74, 6) is 2.55. The molecule has 1 aromatic carbocycles. The summed E-state index contributed by atoms with van der Waals surface area (Å²) >= 11 is 0. The van der Waals surface area contributed by atoms with Crippen LogP contribution in [0.4, 0.5) is 5.69 Å². The molecule has 7 rings (SSSR count). The first-order chi connectivity index (χ1) is 14.2. The molecule has 3 saturated heterocycles. The SMILES string of the molecule is COc1cc2c(cc1OC)C13CCN4CC5=CCOC6CC(O)N2C1C6C5CC43. The number of hydrogen-bond acceptors (Lipinski definition) is 6. The topological polar surface area (TPSA) is 54.4 Å². The van der Waals surface area contributed by atoms with Gasteiger partial charge in [-0.3, -0.25) is 4.90 Å². The fourth-order valence-corrected chi connectivity index (χ4v) is 8.05. The van der Waals surface area contributed by atoms with Crippen molar-refractivity contribution >= 4 is 5.69 Å². The number of aliphatic hydroxyl groups is 1. The molecule has 0 aromatic heterocycles. The van der Waals surface area contributed by atoms with Gasteiger partial charge < -0.3 is 24.2 Å². The quantitative estimate of drug-likeness (QED) is 0.771. The van der Waals surface area contributed by atoms with E-state index in [2.05, 4.69) is 28.0 Å². The maximum Gasteiger partial charge on any atom is 0.162 e. The molecule has 1 saturated carbocycles. The van der Waals surface area contributed by atoms with Gasteiger partial charge in [-0.05, 0) is 36.9 Å². The number of anilines is 1. The number of methoxy groups -OCH3 is 2. The van der Waals surface area contributed by atoms with Crippen LogP contribution in [0.25, 0.3) is 0 Å². The summed E-state index contributed by atoms with van der Waals surface area (Å²) in [6.45, 7) is 2.90. The zero-order valence-corrected chi connectivity index (χ0v) is 17.0. The predicted molar refractivity (Wildman–Crippen MR) is 108 cm³/mol. The van der Waals surface area contributed by atoms with Crippen LogP contribution in [0.5, 0.6) is 11.5 Å². The molecule has 6 heteroatoms. The lowest BCUT2D eigenvalue weighted by atomic mass is 9.53. The van der Waals surface area contributed by atoms with Gasteiger partial charge >= 0.3 is 0 Å². The molecule has 6 nitrogen and oxygen atoms in total. The smallest absolute Gasteiger partial charge is 0.162 e. The number of fused-ring (bicyclic) bond motifs is 2. The summed E-state index contributed by atoms with van der Waals surface area (Å²) in [5.41, 5.74) is 4.10. The highest BCUT2D eigenvalue weighted by molar-refractivity contribution is 5.72. The lowest BCUT2D eigenvalue weighted by molar-refractivity contribution is -0.0910. The predicted octanol–water partition coefficient (Wildman–Crippen LogP) is 1.90. The van der Waals surface area contributed by atoms with Crippen LogP contribution in [0.2, 0.25) is 0 Å². The van der Waals surface area contributed by atoms with Crippen molar-refractivity contribution in [2.45, 2.75) is 49.1 Å². The Morgan fingerprint density at radius 2 is 2.00 bits per heavy atom. The van der Waals surface area contributed by atoms with Crippen molar-refractivity contribution in [1.29, 1.82) is 0 Å². The van der Waals surface area contributed by atoms with Crippen LogP contribution in [-0.2, 0) is 10.2 Å². The van der Waals surface area contributed by atoms with Crippen LogP contribution < -0.4 is 14.4 Å². The molecule has 6 aliphatic rings. The van der Waals surface area contributed by atoms with Crippen molar-refractivity contribution in [3.63, 3.8) is 0 Å². The molecular formula is C23H28N2O4. The molecule has 7 unspecified atom stereocenters. The summed E-state index contributed by atoms with van der Waals surface area (Å²) in [6.07, 6.45) is 4.98. The van der Waals surface area contributed by atoms with E-state index >= 15 is 0 Å². The Hall–Kier alpha value is -1.76. The van der Waals surface area contributed by atoms with Gasteiger partial charge in [0.05, 0.1) is 26.9 Å². The maximum absolute atomic E-state index is 11.3. The summed E-state index contributed by atoms with van der Waals surface area (Å²) in [7, 11) is 3.40. The second-order valence-corrected chi connectivity index (χ2v) is 9.64. The molecule has 154 valence electrons. The maximum atomic E-state index is 11.3. The number of hydrogen-bond donors (Lipinski definition) is 1. The van der Waals surface area contributed by atoms with Gasteiger partial charge in [-0.2, -0.15) is 0 Å². The van der Waals surface area contributed by atoms with Gasteiger partial charge in [0.25, 0.3) is 0 Å². The normalized spacial score (nSPS) is 43.6. The van der Waals surface area contributed by atoms with Crippen molar-refractivity contribution in [3.8, 4) is 11.5 Å². The molecule has 5 aliphatic heterocycles. The molecule has 7 atom stereocenters. The minimum atomic E-state index is -0.521. The van der Waals surface area contributed by atoms with E-state index in [4.69, 9.17) is 14.2 Å². The number of piperidine rings is 2. The molecule has 0 amide bonds. The first kappa shape index (κ1) is 17.0. The van der Waals surface area contributed by atoms with E-state index in [0.29, 0.717) is 30.9 Å². The molecule has 5 heterocycles. The summed E-state index contributed by atoms with van der Waals surface area (Å²) in [6, 6.07) is 5.11. The third-order valence-electron chi connectivity index (χ3n) is 8.97. The fraction of sp³-hybridized carbons (Fsp3) is 0.652. The minimum absolute atomic E-state index is 0.0366. The Bertz CT molecular complexity index is 932. The van der Waals surface area contributed by atoms with Crippen LogP contribution in [0, 0.1) is 11.8 Å². The molecule has 29 heavy (non-hydrogen) atoms. The summed E-state index contributed by atoms with van der Waals surface area (Å²) < 4.78 is 17.7. The zero-order valence-electron chi connectivity index (χ0n) is 17.0. The van der Waals surface area contributed by atoms with E-state index in [1.807, 2.05) is 0 Å². The number of ether oxygens (including phenoxy) is 3. The highest BCUT2D eigenvalue weighted by Crippen LogP contribution is 2.67. The first-order valence-electron chi connectivity index (χ1n) is 10.9. The Balaban J connectivity index is 1.51. The van der Waals surface area contributed by atoms with Crippen LogP contribution >= 0.6 is 0 Å². The van der Waals surface area contributed by atoms with Crippen molar-refractivity contribution < 1.29 is 19.3 Å². The van der Waals surface area contributed by atoms with E-state index in [1.54, 1.807) is 19.8 Å². The highest BCUT2D eigenvalue weighted by Gasteiger charge is 2.71. The molecule has 1 aromatic rings. The minimum Gasteiger partial charge on any atom is -0.493 e. The second-order valence-electron chi connectivity index (χ2n) is 9.64. The Labute approximate surface area is 171 Å².